The highest BCUT2D eigenvalue weighted by Crippen LogP contribution is 2.52. The van der Waals surface area contributed by atoms with Crippen molar-refractivity contribution < 1.29 is 27.5 Å². The molecule has 0 fully saturated rings. The monoisotopic (exact) mass is 474 g/mol. The van der Waals surface area contributed by atoms with Crippen LogP contribution in [0.4, 0.5) is 13.2 Å². The minimum Gasteiger partial charge on any atom is -0.378 e. The minimum atomic E-state index is -4.61. The molecule has 0 saturated heterocycles. The van der Waals surface area contributed by atoms with E-state index in [1.165, 1.54) is 24.3 Å². The molecule has 2 aromatic rings. The maximum atomic E-state index is 13.0. The van der Waals surface area contributed by atoms with Gasteiger partial charge in [0.15, 0.2) is 0 Å². The second-order valence-corrected chi connectivity index (χ2v) is 7.87. The van der Waals surface area contributed by atoms with Gasteiger partial charge < -0.3 is 15.4 Å². The van der Waals surface area contributed by atoms with Gasteiger partial charge in [-0.25, -0.2) is 0 Å². The zero-order valence-corrected chi connectivity index (χ0v) is 18.1. The number of alkyl halides is 3. The van der Waals surface area contributed by atoms with Gasteiger partial charge in [-0.2, -0.15) is 23.4 Å². The van der Waals surface area contributed by atoms with Crippen molar-refractivity contribution in [3.05, 3.63) is 70.8 Å². The molecular formula is C22H21F3N6O3. The summed E-state index contributed by atoms with van der Waals surface area (Å²) in [6.45, 7) is 2.81. The molecule has 0 atom stereocenters. The standard InChI is InChI=1S/C22H21F3N6O3/c1-20(28-29-20)16-6-2-14(3-7-16)18(32)26-10-12-34-13-11-27-19(33)15-4-8-17(9-5-15)21(30-31-21)22(23,24)25/h2-9H,10-13H2,1H3,(H,26,32)(H,27,33). The van der Waals surface area contributed by atoms with Crippen LogP contribution >= 0.6 is 0 Å². The first-order valence-corrected chi connectivity index (χ1v) is 10.4. The zero-order valence-electron chi connectivity index (χ0n) is 18.1. The summed E-state index contributed by atoms with van der Waals surface area (Å²) in [5, 5.41) is 19.5. The number of benzene rings is 2. The van der Waals surface area contributed by atoms with E-state index in [0.29, 0.717) is 5.56 Å². The first kappa shape index (κ1) is 23.5. The third kappa shape index (κ3) is 4.96. The molecule has 34 heavy (non-hydrogen) atoms. The largest absolute Gasteiger partial charge is 0.442 e. The van der Waals surface area contributed by atoms with Crippen LogP contribution in [0.2, 0.25) is 0 Å². The van der Waals surface area contributed by atoms with E-state index in [0.717, 1.165) is 5.56 Å². The second-order valence-electron chi connectivity index (χ2n) is 7.87. The van der Waals surface area contributed by atoms with Crippen LogP contribution in [0, 0.1) is 0 Å². The average molecular weight is 474 g/mol. The molecule has 2 amide bonds. The van der Waals surface area contributed by atoms with Gasteiger partial charge in [-0.15, -0.1) is 10.2 Å². The predicted molar refractivity (Wildman–Crippen MR) is 113 cm³/mol. The van der Waals surface area contributed by atoms with E-state index >= 15 is 0 Å². The molecular weight excluding hydrogens is 453 g/mol. The van der Waals surface area contributed by atoms with Crippen LogP contribution in [0.5, 0.6) is 0 Å². The van der Waals surface area contributed by atoms with E-state index in [4.69, 9.17) is 4.74 Å². The Bertz CT molecular complexity index is 1120. The Morgan fingerprint density at radius 3 is 1.62 bits per heavy atom. The lowest BCUT2D eigenvalue weighted by Gasteiger charge is -2.15. The maximum Gasteiger partial charge on any atom is 0.442 e. The molecule has 2 aliphatic rings. The lowest BCUT2D eigenvalue weighted by molar-refractivity contribution is -0.166. The van der Waals surface area contributed by atoms with Gasteiger partial charge in [-0.1, -0.05) is 24.3 Å². The van der Waals surface area contributed by atoms with Crippen molar-refractivity contribution in [2.24, 2.45) is 20.5 Å². The van der Waals surface area contributed by atoms with Crippen molar-refractivity contribution in [1.29, 1.82) is 0 Å². The Morgan fingerprint density at radius 2 is 1.24 bits per heavy atom. The molecule has 0 unspecified atom stereocenters. The highest BCUT2D eigenvalue weighted by atomic mass is 19.4. The van der Waals surface area contributed by atoms with Crippen molar-refractivity contribution in [1.82, 2.24) is 10.6 Å². The summed E-state index contributed by atoms with van der Waals surface area (Å²) >= 11 is 0. The van der Waals surface area contributed by atoms with E-state index < -0.39 is 23.4 Å². The molecule has 0 saturated carbocycles. The second kappa shape index (κ2) is 8.93. The molecule has 0 bridgehead atoms. The van der Waals surface area contributed by atoms with Gasteiger partial charge >= 0.3 is 11.8 Å². The van der Waals surface area contributed by atoms with E-state index in [2.05, 4.69) is 31.1 Å². The summed E-state index contributed by atoms with van der Waals surface area (Å²) in [6.07, 6.45) is -4.61. The van der Waals surface area contributed by atoms with Crippen LogP contribution < -0.4 is 10.6 Å². The third-order valence-corrected chi connectivity index (χ3v) is 5.40. The van der Waals surface area contributed by atoms with Gasteiger partial charge in [0.2, 0.25) is 5.66 Å². The quantitative estimate of drug-likeness (QED) is 0.512. The Hall–Kier alpha value is -3.67. The molecule has 4 rings (SSSR count). The molecule has 12 heteroatoms. The van der Waals surface area contributed by atoms with Crippen LogP contribution in [0.15, 0.2) is 69.0 Å². The zero-order chi connectivity index (χ0) is 24.4. The Morgan fingerprint density at radius 1 is 0.794 bits per heavy atom. The highest BCUT2D eigenvalue weighted by Gasteiger charge is 2.65. The van der Waals surface area contributed by atoms with Crippen molar-refractivity contribution >= 4 is 11.8 Å². The van der Waals surface area contributed by atoms with Crippen LogP contribution in [0.25, 0.3) is 0 Å². The van der Waals surface area contributed by atoms with Crippen LogP contribution in [-0.2, 0) is 16.1 Å². The topological polar surface area (TPSA) is 117 Å². The van der Waals surface area contributed by atoms with Crippen molar-refractivity contribution in [2.45, 2.75) is 24.4 Å². The molecule has 0 radical (unpaired) electrons. The Kier molecular flexibility index (Phi) is 6.17. The van der Waals surface area contributed by atoms with Gasteiger partial charge in [-0.05, 0) is 31.2 Å². The first-order valence-electron chi connectivity index (χ1n) is 10.4. The van der Waals surface area contributed by atoms with Gasteiger partial charge in [0.05, 0.1) is 13.2 Å². The van der Waals surface area contributed by atoms with E-state index in [-0.39, 0.29) is 43.3 Å². The van der Waals surface area contributed by atoms with E-state index in [1.807, 2.05) is 19.1 Å². The highest BCUT2D eigenvalue weighted by molar-refractivity contribution is 5.94. The average Bonchev–Trinajstić information content (AvgIpc) is 3.74. The molecule has 0 spiro atoms. The van der Waals surface area contributed by atoms with E-state index in [1.54, 1.807) is 12.1 Å². The minimum absolute atomic E-state index is 0.138. The van der Waals surface area contributed by atoms with Crippen LogP contribution in [0.1, 0.15) is 38.8 Å². The normalized spacial score (nSPS) is 16.7. The summed E-state index contributed by atoms with van der Waals surface area (Å²) in [7, 11) is 0. The summed E-state index contributed by atoms with van der Waals surface area (Å²) in [6, 6.07) is 12.0. The molecule has 178 valence electrons. The maximum absolute atomic E-state index is 13.0. The molecule has 2 aromatic carbocycles. The molecule has 2 aliphatic heterocycles. The number of ether oxygens (including phenoxy) is 1. The molecule has 9 nitrogen and oxygen atoms in total. The fraction of sp³-hybridized carbons (Fsp3) is 0.364. The van der Waals surface area contributed by atoms with Crippen LogP contribution in [-0.4, -0.2) is 44.3 Å². The summed E-state index contributed by atoms with van der Waals surface area (Å²) in [5.41, 5.74) is -1.49. The Balaban J connectivity index is 1.11. The number of hydrogen-bond acceptors (Lipinski definition) is 7. The van der Waals surface area contributed by atoms with Gasteiger partial charge in [0, 0.05) is 35.3 Å². The number of nitrogens with zero attached hydrogens (tertiary/aromatic N) is 4. The van der Waals surface area contributed by atoms with Crippen molar-refractivity contribution in [3.8, 4) is 0 Å². The lowest BCUT2D eigenvalue weighted by Crippen LogP contribution is -2.31. The number of amides is 2. The van der Waals surface area contributed by atoms with E-state index in [9.17, 15) is 22.8 Å². The van der Waals surface area contributed by atoms with Gasteiger partial charge in [0.1, 0.15) is 0 Å². The molecule has 2 heterocycles. The smallest absolute Gasteiger partial charge is 0.378 e. The Labute approximate surface area is 192 Å². The lowest BCUT2D eigenvalue weighted by atomic mass is 10.0. The molecule has 0 aliphatic carbocycles. The number of carbonyl (C=O) groups is 2. The summed E-state index contributed by atoms with van der Waals surface area (Å²) in [4.78, 5) is 24.3. The first-order chi connectivity index (χ1) is 16.1. The summed E-state index contributed by atoms with van der Waals surface area (Å²) in [5.74, 6) is -0.681. The molecule has 0 aromatic heterocycles. The summed E-state index contributed by atoms with van der Waals surface area (Å²) < 4.78 is 44.4. The number of hydrogen-bond donors (Lipinski definition) is 2. The SMILES string of the molecule is CC1(c2ccc(C(=O)NCCOCCNC(=O)c3ccc(C4(C(F)(F)F)N=N4)cc3)cc2)N=N1. The van der Waals surface area contributed by atoms with Gasteiger partial charge in [-0.3, -0.25) is 9.59 Å². The van der Waals surface area contributed by atoms with Gasteiger partial charge in [0.25, 0.3) is 11.8 Å². The fourth-order valence-electron chi connectivity index (χ4n) is 3.20. The van der Waals surface area contributed by atoms with Crippen molar-refractivity contribution in [2.75, 3.05) is 26.3 Å². The number of carbonyl (C=O) groups excluding carboxylic acids is 2. The molecule has 2 N–H and O–H groups in total. The number of halogens is 3. The third-order valence-electron chi connectivity index (χ3n) is 5.40. The number of nitrogens with one attached hydrogen (secondary N) is 2. The van der Waals surface area contributed by atoms with Crippen molar-refractivity contribution in [3.63, 3.8) is 0 Å². The number of rotatable bonds is 10. The predicted octanol–water partition coefficient (Wildman–Crippen LogP) is 3.68. The van der Waals surface area contributed by atoms with Crippen LogP contribution in [0.3, 0.4) is 0 Å². The fourth-order valence-corrected chi connectivity index (χ4v) is 3.20.